The number of fused-ring (bicyclic) bond motifs is 1. The largest absolute Gasteiger partial charge is 0.508 e. The van der Waals surface area contributed by atoms with Crippen molar-refractivity contribution in [3.05, 3.63) is 82.7 Å². The summed E-state index contributed by atoms with van der Waals surface area (Å²) in [5.41, 5.74) is 7.87. The lowest BCUT2D eigenvalue weighted by Gasteiger charge is -2.22. The molecule has 2 rings (SSSR count). The van der Waals surface area contributed by atoms with Crippen LogP contribution >= 0.6 is 0 Å². The first-order valence-electron chi connectivity index (χ1n) is 8.89. The molecular formula is C23H30O2. The molecule has 0 saturated heterocycles. The first-order chi connectivity index (χ1) is 11.8. The quantitative estimate of drug-likeness (QED) is 0.324. The van der Waals surface area contributed by atoms with Crippen LogP contribution in [0.5, 0.6) is 0 Å². The van der Waals surface area contributed by atoms with E-state index >= 15 is 0 Å². The maximum Gasteiger partial charge on any atom is 0.115 e. The minimum Gasteiger partial charge on any atom is -0.508 e. The molecule has 2 heteroatoms. The zero-order valence-corrected chi connectivity index (χ0v) is 15.7. The lowest BCUT2D eigenvalue weighted by atomic mass is 9.83. The summed E-state index contributed by atoms with van der Waals surface area (Å²) < 4.78 is 0. The zero-order chi connectivity index (χ0) is 18.7. The van der Waals surface area contributed by atoms with Gasteiger partial charge in [-0.05, 0) is 73.8 Å². The van der Waals surface area contributed by atoms with Gasteiger partial charge in [0.05, 0.1) is 0 Å². The Morgan fingerprint density at radius 1 is 1.16 bits per heavy atom. The summed E-state index contributed by atoms with van der Waals surface area (Å²) in [6.07, 6.45) is 4.26. The molecule has 2 nitrogen and oxygen atoms in total. The van der Waals surface area contributed by atoms with Crippen LogP contribution in [0.2, 0.25) is 0 Å². The minimum absolute atomic E-state index is 0.0634. The topological polar surface area (TPSA) is 40.5 Å². The summed E-state index contributed by atoms with van der Waals surface area (Å²) in [5.74, 6) is 0.418. The highest BCUT2D eigenvalue weighted by molar-refractivity contribution is 5.45. The molecule has 134 valence electrons. The molecule has 1 aliphatic carbocycles. The van der Waals surface area contributed by atoms with Crippen LogP contribution in [0.1, 0.15) is 47.9 Å². The molecular weight excluding hydrogens is 308 g/mol. The van der Waals surface area contributed by atoms with Crippen LogP contribution in [0, 0.1) is 19.8 Å². The fraction of sp³-hybridized carbons (Fsp3) is 0.391. The van der Waals surface area contributed by atoms with Gasteiger partial charge in [0.1, 0.15) is 5.76 Å². The molecule has 0 bridgehead atoms. The Bertz CT molecular complexity index is 737. The molecule has 25 heavy (non-hydrogen) atoms. The predicted octanol–water partition coefficient (Wildman–Crippen LogP) is 5.46. The minimum atomic E-state index is 0.0634. The summed E-state index contributed by atoms with van der Waals surface area (Å²) in [7, 11) is 0. The number of aryl methyl sites for hydroxylation is 2. The Morgan fingerprint density at radius 3 is 2.36 bits per heavy atom. The average molecular weight is 338 g/mol. The van der Waals surface area contributed by atoms with E-state index in [9.17, 15) is 10.2 Å². The fourth-order valence-corrected chi connectivity index (χ4v) is 3.82. The molecule has 1 aliphatic rings. The molecule has 0 radical (unpaired) electrons. The average Bonchev–Trinajstić information content (AvgIpc) is 2.66. The number of benzene rings is 1. The molecule has 0 fully saturated rings. The van der Waals surface area contributed by atoms with E-state index in [0.717, 1.165) is 36.0 Å². The fourth-order valence-electron chi connectivity index (χ4n) is 3.82. The van der Waals surface area contributed by atoms with E-state index in [1.54, 1.807) is 0 Å². The van der Waals surface area contributed by atoms with E-state index in [2.05, 4.69) is 45.7 Å². The number of hydrogen-bond donors (Lipinski definition) is 2. The summed E-state index contributed by atoms with van der Waals surface area (Å²) >= 11 is 0. The maximum atomic E-state index is 9.80. The van der Waals surface area contributed by atoms with Crippen molar-refractivity contribution in [3.8, 4) is 0 Å². The number of hydrogen-bond acceptors (Lipinski definition) is 2. The van der Waals surface area contributed by atoms with E-state index < -0.39 is 0 Å². The van der Waals surface area contributed by atoms with Crippen LogP contribution in [-0.2, 0) is 6.42 Å². The van der Waals surface area contributed by atoms with Crippen LogP contribution in [-0.4, -0.2) is 16.8 Å². The summed E-state index contributed by atoms with van der Waals surface area (Å²) in [4.78, 5) is 0. The second kappa shape index (κ2) is 7.88. The maximum absolute atomic E-state index is 9.80. The molecule has 0 aromatic heterocycles. The molecule has 0 heterocycles. The van der Waals surface area contributed by atoms with Gasteiger partial charge in [0.25, 0.3) is 0 Å². The Kier molecular flexibility index (Phi) is 6.07. The van der Waals surface area contributed by atoms with E-state index in [4.69, 9.17) is 0 Å². The van der Waals surface area contributed by atoms with Crippen molar-refractivity contribution in [2.45, 2.75) is 46.0 Å². The van der Waals surface area contributed by atoms with Gasteiger partial charge < -0.3 is 10.2 Å². The molecule has 0 saturated carbocycles. The number of allylic oxidation sites excluding steroid dienone is 2. The molecule has 2 N–H and O–H groups in total. The van der Waals surface area contributed by atoms with E-state index in [1.165, 1.54) is 22.3 Å². The van der Waals surface area contributed by atoms with Gasteiger partial charge in [-0.1, -0.05) is 43.5 Å². The zero-order valence-electron chi connectivity index (χ0n) is 15.7. The van der Waals surface area contributed by atoms with Crippen molar-refractivity contribution < 1.29 is 10.2 Å². The summed E-state index contributed by atoms with van der Waals surface area (Å²) in [5, 5.41) is 19.6. The van der Waals surface area contributed by atoms with E-state index in [0.29, 0.717) is 0 Å². The first-order valence-corrected chi connectivity index (χ1v) is 8.89. The second-order valence-corrected chi connectivity index (χ2v) is 7.23. The Labute approximate surface area is 151 Å². The smallest absolute Gasteiger partial charge is 0.115 e. The van der Waals surface area contributed by atoms with Crippen molar-refractivity contribution in [2.75, 3.05) is 6.61 Å². The third-order valence-electron chi connectivity index (χ3n) is 5.44. The van der Waals surface area contributed by atoms with Gasteiger partial charge in [-0.3, -0.25) is 0 Å². The van der Waals surface area contributed by atoms with E-state index in [1.807, 2.05) is 13.0 Å². The third kappa shape index (κ3) is 4.13. The van der Waals surface area contributed by atoms with Crippen molar-refractivity contribution in [2.24, 2.45) is 5.92 Å². The molecule has 0 aliphatic heterocycles. The lowest BCUT2D eigenvalue weighted by Crippen LogP contribution is -2.10. The van der Waals surface area contributed by atoms with E-state index in [-0.39, 0.29) is 24.2 Å². The second-order valence-electron chi connectivity index (χ2n) is 7.23. The Balaban J connectivity index is 2.44. The third-order valence-corrected chi connectivity index (χ3v) is 5.44. The van der Waals surface area contributed by atoms with Gasteiger partial charge >= 0.3 is 0 Å². The molecule has 0 amide bonds. The lowest BCUT2D eigenvalue weighted by molar-refractivity contribution is 0.244. The van der Waals surface area contributed by atoms with Crippen molar-refractivity contribution in [3.63, 3.8) is 0 Å². The molecule has 2 atom stereocenters. The molecule has 2 unspecified atom stereocenters. The van der Waals surface area contributed by atoms with Crippen LogP contribution in [0.25, 0.3) is 0 Å². The highest BCUT2D eigenvalue weighted by Crippen LogP contribution is 2.41. The number of rotatable bonds is 5. The highest BCUT2D eigenvalue weighted by Gasteiger charge is 2.27. The Morgan fingerprint density at radius 2 is 1.80 bits per heavy atom. The van der Waals surface area contributed by atoms with Gasteiger partial charge in [-0.25, -0.2) is 0 Å². The summed E-state index contributed by atoms with van der Waals surface area (Å²) in [6, 6.07) is 4.53. The molecule has 1 aromatic rings. The van der Waals surface area contributed by atoms with Crippen LogP contribution < -0.4 is 0 Å². The summed E-state index contributed by atoms with van der Waals surface area (Å²) in [6.45, 7) is 18.4. The van der Waals surface area contributed by atoms with Gasteiger partial charge in [0.15, 0.2) is 0 Å². The molecule has 1 aromatic carbocycles. The first kappa shape index (κ1) is 19.3. The van der Waals surface area contributed by atoms with Gasteiger partial charge in [0.2, 0.25) is 0 Å². The van der Waals surface area contributed by atoms with Gasteiger partial charge in [-0.15, -0.1) is 0 Å². The van der Waals surface area contributed by atoms with Crippen molar-refractivity contribution in [1.82, 2.24) is 0 Å². The normalized spacial score (nSPS) is 20.8. The highest BCUT2D eigenvalue weighted by atomic mass is 16.3. The monoisotopic (exact) mass is 338 g/mol. The van der Waals surface area contributed by atoms with Crippen molar-refractivity contribution in [1.29, 1.82) is 0 Å². The van der Waals surface area contributed by atoms with Gasteiger partial charge in [-0.2, -0.15) is 0 Å². The van der Waals surface area contributed by atoms with Gasteiger partial charge in [0, 0.05) is 18.1 Å². The number of aliphatic hydroxyl groups is 2. The predicted molar refractivity (Wildman–Crippen MR) is 106 cm³/mol. The molecule has 0 spiro atoms. The van der Waals surface area contributed by atoms with Crippen molar-refractivity contribution >= 4 is 0 Å². The Hall–Kier alpha value is -2.06. The van der Waals surface area contributed by atoms with Crippen LogP contribution in [0.4, 0.5) is 0 Å². The standard InChI is InChI=1S/C23H30O2/c1-7-22(18(6)25)17(5)10-19-9-16(4)21(13-24)12-20-8-14(2)15(3)11-23(19)20/h7-8,11,19,21,24-25H,4-6,9-10,12-13H2,1-3H3/b22-7+. The van der Waals surface area contributed by atoms with Crippen LogP contribution in [0.15, 0.2) is 60.4 Å². The SMILES string of the molecule is C=C(O)/C(=C/C)C(=C)CC1CC(=C)C(CO)Cc2cc(C)c(C)cc21. The van der Waals surface area contributed by atoms with Crippen LogP contribution in [0.3, 0.4) is 0 Å². The number of aliphatic hydroxyl groups excluding tert-OH is 2.